The molecule has 3 heteroatoms. The van der Waals surface area contributed by atoms with Crippen LogP contribution in [0.3, 0.4) is 0 Å². The van der Waals surface area contributed by atoms with Gasteiger partial charge in [-0.15, -0.1) is 11.6 Å². The summed E-state index contributed by atoms with van der Waals surface area (Å²) in [6.07, 6.45) is 0. The standard InChI is InChI=1S/C14H11Cl3/c1-9-3-2-4-10(7-9)14(17)11-5-6-12(15)13(16)8-11/h2-8,14H,1H3. The number of halogens is 3. The molecule has 0 aliphatic rings. The van der Waals surface area contributed by atoms with Crippen LogP contribution in [-0.4, -0.2) is 0 Å². The van der Waals surface area contributed by atoms with Crippen LogP contribution in [0.1, 0.15) is 22.1 Å². The van der Waals surface area contributed by atoms with Crippen LogP contribution in [-0.2, 0) is 0 Å². The smallest absolute Gasteiger partial charge is 0.0836 e. The molecule has 0 radical (unpaired) electrons. The molecule has 1 atom stereocenters. The van der Waals surface area contributed by atoms with Crippen molar-refractivity contribution in [2.24, 2.45) is 0 Å². The molecule has 0 heterocycles. The van der Waals surface area contributed by atoms with Gasteiger partial charge in [0.1, 0.15) is 0 Å². The van der Waals surface area contributed by atoms with Gasteiger partial charge in [0.15, 0.2) is 0 Å². The average Bonchev–Trinajstić information content (AvgIpc) is 2.32. The number of hydrogen-bond donors (Lipinski definition) is 0. The summed E-state index contributed by atoms with van der Waals surface area (Å²) in [5.74, 6) is 0. The van der Waals surface area contributed by atoms with Crippen LogP contribution in [0, 0.1) is 6.92 Å². The molecule has 88 valence electrons. The van der Waals surface area contributed by atoms with Gasteiger partial charge in [-0.2, -0.15) is 0 Å². The maximum Gasteiger partial charge on any atom is 0.0836 e. The summed E-state index contributed by atoms with van der Waals surface area (Å²) in [5.41, 5.74) is 3.20. The highest BCUT2D eigenvalue weighted by Gasteiger charge is 2.12. The molecule has 2 aromatic carbocycles. The average molecular weight is 286 g/mol. The lowest BCUT2D eigenvalue weighted by atomic mass is 10.0. The van der Waals surface area contributed by atoms with Gasteiger partial charge in [-0.05, 0) is 30.2 Å². The van der Waals surface area contributed by atoms with Crippen molar-refractivity contribution in [3.05, 3.63) is 69.2 Å². The molecule has 0 saturated heterocycles. The van der Waals surface area contributed by atoms with Crippen molar-refractivity contribution in [2.75, 3.05) is 0 Å². The molecule has 2 rings (SSSR count). The van der Waals surface area contributed by atoms with Crippen LogP contribution in [0.4, 0.5) is 0 Å². The van der Waals surface area contributed by atoms with Crippen molar-refractivity contribution in [1.29, 1.82) is 0 Å². The lowest BCUT2D eigenvalue weighted by molar-refractivity contribution is 1.13. The van der Waals surface area contributed by atoms with Crippen LogP contribution < -0.4 is 0 Å². The van der Waals surface area contributed by atoms with Crippen LogP contribution in [0.15, 0.2) is 42.5 Å². The maximum atomic E-state index is 6.43. The van der Waals surface area contributed by atoms with E-state index >= 15 is 0 Å². The third-order valence-corrected chi connectivity index (χ3v) is 3.81. The first-order chi connectivity index (χ1) is 8.08. The van der Waals surface area contributed by atoms with Crippen LogP contribution in [0.25, 0.3) is 0 Å². The monoisotopic (exact) mass is 284 g/mol. The Labute approximate surface area is 116 Å². The van der Waals surface area contributed by atoms with E-state index in [2.05, 4.69) is 6.07 Å². The number of benzene rings is 2. The Morgan fingerprint density at radius 1 is 0.882 bits per heavy atom. The first-order valence-electron chi connectivity index (χ1n) is 5.23. The predicted molar refractivity (Wildman–Crippen MR) is 75.3 cm³/mol. The van der Waals surface area contributed by atoms with Crippen molar-refractivity contribution in [3.8, 4) is 0 Å². The summed E-state index contributed by atoms with van der Waals surface area (Å²) >= 11 is 18.3. The second kappa shape index (κ2) is 5.30. The Balaban J connectivity index is 2.36. The fraction of sp³-hybridized carbons (Fsp3) is 0.143. The summed E-state index contributed by atoms with van der Waals surface area (Å²) < 4.78 is 0. The number of alkyl halides is 1. The first kappa shape index (κ1) is 12.8. The normalized spacial score (nSPS) is 12.5. The molecule has 2 aromatic rings. The maximum absolute atomic E-state index is 6.43. The lowest BCUT2D eigenvalue weighted by Crippen LogP contribution is -1.93. The lowest BCUT2D eigenvalue weighted by Gasteiger charge is -2.11. The SMILES string of the molecule is Cc1cccc(C(Cl)c2ccc(Cl)c(Cl)c2)c1. The van der Waals surface area contributed by atoms with Crippen molar-refractivity contribution >= 4 is 34.8 Å². The van der Waals surface area contributed by atoms with E-state index in [4.69, 9.17) is 34.8 Å². The van der Waals surface area contributed by atoms with E-state index in [1.807, 2.05) is 37.3 Å². The van der Waals surface area contributed by atoms with E-state index < -0.39 is 0 Å². The van der Waals surface area contributed by atoms with Crippen LogP contribution in [0.5, 0.6) is 0 Å². The molecule has 0 nitrogen and oxygen atoms in total. The van der Waals surface area contributed by atoms with Crippen molar-refractivity contribution < 1.29 is 0 Å². The number of rotatable bonds is 2. The van der Waals surface area contributed by atoms with Gasteiger partial charge in [-0.3, -0.25) is 0 Å². The summed E-state index contributed by atoms with van der Waals surface area (Å²) in [7, 11) is 0. The van der Waals surface area contributed by atoms with Gasteiger partial charge in [-0.1, -0.05) is 59.1 Å². The Bertz CT molecular complexity index is 535. The second-order valence-corrected chi connectivity index (χ2v) is 5.20. The Hall–Kier alpha value is -0.690. The van der Waals surface area contributed by atoms with Gasteiger partial charge in [0.2, 0.25) is 0 Å². The third-order valence-electron chi connectivity index (χ3n) is 2.57. The Kier molecular flexibility index (Phi) is 3.98. The molecule has 1 unspecified atom stereocenters. The quantitative estimate of drug-likeness (QED) is 0.627. The fourth-order valence-electron chi connectivity index (χ4n) is 1.69. The van der Waals surface area contributed by atoms with E-state index in [0.29, 0.717) is 10.0 Å². The van der Waals surface area contributed by atoms with E-state index in [-0.39, 0.29) is 5.38 Å². The minimum absolute atomic E-state index is 0.204. The molecule has 0 fully saturated rings. The predicted octanol–water partition coefficient (Wildman–Crippen LogP) is 5.63. The highest BCUT2D eigenvalue weighted by molar-refractivity contribution is 6.42. The largest absolute Gasteiger partial charge is 0.113 e. The van der Waals surface area contributed by atoms with Crippen molar-refractivity contribution in [3.63, 3.8) is 0 Å². The summed E-state index contributed by atoms with van der Waals surface area (Å²) in [6.45, 7) is 2.04. The minimum atomic E-state index is -0.204. The van der Waals surface area contributed by atoms with Gasteiger partial charge >= 0.3 is 0 Å². The molecule has 0 saturated carbocycles. The molecule has 0 aliphatic heterocycles. The van der Waals surface area contributed by atoms with Gasteiger partial charge in [0.25, 0.3) is 0 Å². The Morgan fingerprint density at radius 2 is 1.59 bits per heavy atom. The molecular weight excluding hydrogens is 275 g/mol. The number of aryl methyl sites for hydroxylation is 1. The molecule has 0 spiro atoms. The first-order valence-corrected chi connectivity index (χ1v) is 6.43. The minimum Gasteiger partial charge on any atom is -0.113 e. The zero-order chi connectivity index (χ0) is 12.4. The number of hydrogen-bond acceptors (Lipinski definition) is 0. The van der Waals surface area contributed by atoms with Gasteiger partial charge in [0, 0.05) is 0 Å². The van der Waals surface area contributed by atoms with E-state index in [1.54, 1.807) is 6.07 Å². The molecule has 0 aromatic heterocycles. The van der Waals surface area contributed by atoms with E-state index in [1.165, 1.54) is 5.56 Å². The third kappa shape index (κ3) is 2.95. The topological polar surface area (TPSA) is 0 Å². The summed E-state index contributed by atoms with van der Waals surface area (Å²) in [5, 5.41) is 0.871. The summed E-state index contributed by atoms with van der Waals surface area (Å²) in [4.78, 5) is 0. The highest BCUT2D eigenvalue weighted by atomic mass is 35.5. The highest BCUT2D eigenvalue weighted by Crippen LogP contribution is 2.33. The molecular formula is C14H11Cl3. The van der Waals surface area contributed by atoms with Crippen molar-refractivity contribution in [1.82, 2.24) is 0 Å². The fourth-order valence-corrected chi connectivity index (χ4v) is 2.27. The molecule has 0 amide bonds. The van der Waals surface area contributed by atoms with E-state index in [9.17, 15) is 0 Å². The summed E-state index contributed by atoms with van der Waals surface area (Å²) in [6, 6.07) is 13.6. The van der Waals surface area contributed by atoms with Crippen LogP contribution in [0.2, 0.25) is 10.0 Å². The van der Waals surface area contributed by atoms with E-state index in [0.717, 1.165) is 11.1 Å². The van der Waals surface area contributed by atoms with Gasteiger partial charge in [-0.25, -0.2) is 0 Å². The zero-order valence-electron chi connectivity index (χ0n) is 9.25. The van der Waals surface area contributed by atoms with Crippen LogP contribution >= 0.6 is 34.8 Å². The molecule has 0 aliphatic carbocycles. The molecule has 0 N–H and O–H groups in total. The Morgan fingerprint density at radius 3 is 2.24 bits per heavy atom. The zero-order valence-corrected chi connectivity index (χ0v) is 11.5. The van der Waals surface area contributed by atoms with Gasteiger partial charge < -0.3 is 0 Å². The molecule has 0 bridgehead atoms. The molecule has 17 heavy (non-hydrogen) atoms. The van der Waals surface area contributed by atoms with Gasteiger partial charge in [0.05, 0.1) is 15.4 Å². The second-order valence-electron chi connectivity index (χ2n) is 3.95. The van der Waals surface area contributed by atoms with Crippen molar-refractivity contribution in [2.45, 2.75) is 12.3 Å².